The lowest BCUT2D eigenvalue weighted by molar-refractivity contribution is -0.276. The zero-order valence-corrected chi connectivity index (χ0v) is 34.9. The van der Waals surface area contributed by atoms with Gasteiger partial charge in [0.05, 0.1) is 23.7 Å². The Morgan fingerprint density at radius 1 is 0.746 bits per heavy atom. The Hall–Kier alpha value is -4.68. The van der Waals surface area contributed by atoms with Crippen molar-refractivity contribution in [1.29, 1.82) is 0 Å². The van der Waals surface area contributed by atoms with Gasteiger partial charge in [-0.1, -0.05) is 141 Å². The lowest BCUT2D eigenvalue weighted by Gasteiger charge is -2.43. The molecule has 0 radical (unpaired) electrons. The van der Waals surface area contributed by atoms with Gasteiger partial charge < -0.3 is 24.8 Å². The first-order chi connectivity index (χ1) is 28.6. The molecule has 5 aromatic carbocycles. The molecular weight excluding hydrogens is 759 g/mol. The van der Waals surface area contributed by atoms with E-state index in [9.17, 15) is 18.3 Å². The van der Waals surface area contributed by atoms with E-state index in [1.165, 1.54) is 32.1 Å². The molecule has 10 heteroatoms. The second-order valence-corrected chi connectivity index (χ2v) is 17.8. The van der Waals surface area contributed by atoms with Gasteiger partial charge in [-0.15, -0.1) is 0 Å². The summed E-state index contributed by atoms with van der Waals surface area (Å²) in [6.45, 7) is 7.39. The topological polar surface area (TPSA) is 117 Å². The molecule has 59 heavy (non-hydrogen) atoms. The molecule has 2 fully saturated rings. The first-order valence-electron chi connectivity index (χ1n) is 21.0. The molecule has 0 aliphatic carbocycles. The van der Waals surface area contributed by atoms with Gasteiger partial charge in [0, 0.05) is 24.6 Å². The van der Waals surface area contributed by atoms with Crippen LogP contribution in [0.1, 0.15) is 84.8 Å². The monoisotopic (exact) mass is 815 g/mol. The van der Waals surface area contributed by atoms with Gasteiger partial charge in [0.15, 0.2) is 6.29 Å². The van der Waals surface area contributed by atoms with Gasteiger partial charge in [0.1, 0.15) is 6.04 Å². The number of benzene rings is 5. The molecule has 1 amide bonds. The van der Waals surface area contributed by atoms with Crippen molar-refractivity contribution in [1.82, 2.24) is 14.9 Å². The zero-order chi connectivity index (χ0) is 41.2. The van der Waals surface area contributed by atoms with Gasteiger partial charge in [-0.2, -0.15) is 4.72 Å². The molecule has 0 aromatic heterocycles. The van der Waals surface area contributed by atoms with Crippen molar-refractivity contribution < 1.29 is 27.8 Å². The number of carbonyl (C=O) groups excluding carboxylic acids is 1. The molecule has 0 spiro atoms. The number of carbonyl (C=O) groups is 1. The molecule has 5 atom stereocenters. The van der Waals surface area contributed by atoms with Gasteiger partial charge >= 0.3 is 0 Å². The van der Waals surface area contributed by atoms with E-state index < -0.39 is 28.3 Å². The number of aryl methyl sites for hydroxylation is 1. The van der Waals surface area contributed by atoms with Crippen molar-refractivity contribution in [3.63, 3.8) is 0 Å². The number of nitrogens with one attached hydrogen (secondary N) is 2. The van der Waals surface area contributed by atoms with E-state index in [-0.39, 0.29) is 42.6 Å². The van der Waals surface area contributed by atoms with Gasteiger partial charge in [0.25, 0.3) is 0 Å². The molecule has 0 bridgehead atoms. The summed E-state index contributed by atoms with van der Waals surface area (Å²) < 4.78 is 43.0. The molecule has 2 heterocycles. The van der Waals surface area contributed by atoms with Crippen molar-refractivity contribution in [2.45, 2.75) is 95.0 Å². The maximum atomic E-state index is 13.7. The Balaban J connectivity index is 1.04. The normalized spacial score (nSPS) is 20.9. The SMILES string of the molecule is Cc1ccc(S(=O)(=O)NC(Cc2ccccc2)C(=O)NCc2cccc(-c3ccc(C4OC(CN5CCCCCCC5)C(C)C(c5ccc(CO)cc5)O4)cc3)c2)cc1. The van der Waals surface area contributed by atoms with Crippen LogP contribution in [-0.2, 0) is 43.9 Å². The molecular formula is C49H57N3O6S. The van der Waals surface area contributed by atoms with Crippen LogP contribution in [0.2, 0.25) is 0 Å². The lowest BCUT2D eigenvalue weighted by Crippen LogP contribution is -2.47. The summed E-state index contributed by atoms with van der Waals surface area (Å²) in [5.74, 6) is -0.283. The van der Waals surface area contributed by atoms with Crippen LogP contribution < -0.4 is 10.0 Å². The first kappa shape index (κ1) is 42.4. The van der Waals surface area contributed by atoms with Crippen molar-refractivity contribution in [2.24, 2.45) is 5.92 Å². The molecule has 7 rings (SSSR count). The molecule has 2 aliphatic rings. The van der Waals surface area contributed by atoms with Crippen LogP contribution in [-0.4, -0.2) is 56.1 Å². The Bertz CT molecular complexity index is 2210. The second-order valence-electron chi connectivity index (χ2n) is 16.1. The predicted octanol–water partition coefficient (Wildman–Crippen LogP) is 8.42. The number of nitrogens with zero attached hydrogens (tertiary/aromatic N) is 1. The Morgan fingerprint density at radius 3 is 2.10 bits per heavy atom. The average molecular weight is 816 g/mol. The minimum absolute atomic E-state index is 0.00266. The number of likely N-dealkylation sites (tertiary alicyclic amines) is 1. The number of amides is 1. The summed E-state index contributed by atoms with van der Waals surface area (Å²) >= 11 is 0. The molecule has 2 saturated heterocycles. The Kier molecular flexibility index (Phi) is 14.4. The summed E-state index contributed by atoms with van der Waals surface area (Å²) in [5, 5.41) is 12.6. The van der Waals surface area contributed by atoms with E-state index in [0.717, 1.165) is 64.1 Å². The lowest BCUT2D eigenvalue weighted by atomic mass is 9.89. The highest BCUT2D eigenvalue weighted by Gasteiger charge is 2.39. The third-order valence-electron chi connectivity index (χ3n) is 11.6. The van der Waals surface area contributed by atoms with Crippen molar-refractivity contribution in [2.75, 3.05) is 19.6 Å². The van der Waals surface area contributed by atoms with Crippen molar-refractivity contribution in [3.05, 3.63) is 161 Å². The Morgan fingerprint density at radius 2 is 1.41 bits per heavy atom. The van der Waals surface area contributed by atoms with Gasteiger partial charge in [-0.3, -0.25) is 4.79 Å². The maximum Gasteiger partial charge on any atom is 0.241 e. The third-order valence-corrected chi connectivity index (χ3v) is 13.1. The highest BCUT2D eigenvalue weighted by molar-refractivity contribution is 7.89. The molecule has 5 unspecified atom stereocenters. The van der Waals surface area contributed by atoms with Crippen LogP contribution in [0.15, 0.2) is 132 Å². The summed E-state index contributed by atoms with van der Waals surface area (Å²) in [4.78, 5) is 16.4. The minimum Gasteiger partial charge on any atom is -0.392 e. The summed E-state index contributed by atoms with van der Waals surface area (Å²) in [6, 6.07) is 39.3. The van der Waals surface area contributed by atoms with E-state index in [1.807, 2.05) is 73.7 Å². The molecule has 5 aromatic rings. The van der Waals surface area contributed by atoms with E-state index in [4.69, 9.17) is 9.47 Å². The van der Waals surface area contributed by atoms with Crippen LogP contribution >= 0.6 is 0 Å². The highest BCUT2D eigenvalue weighted by Crippen LogP contribution is 2.42. The number of hydrogen-bond donors (Lipinski definition) is 3. The number of aliphatic hydroxyl groups is 1. The summed E-state index contributed by atoms with van der Waals surface area (Å²) in [5.41, 5.74) is 7.56. The predicted molar refractivity (Wildman–Crippen MR) is 232 cm³/mol. The van der Waals surface area contributed by atoms with E-state index in [1.54, 1.807) is 24.3 Å². The van der Waals surface area contributed by atoms with Crippen molar-refractivity contribution in [3.8, 4) is 11.1 Å². The maximum absolute atomic E-state index is 13.7. The van der Waals surface area contributed by atoms with Gasteiger partial charge in [0.2, 0.25) is 15.9 Å². The summed E-state index contributed by atoms with van der Waals surface area (Å²) in [7, 11) is -3.95. The van der Waals surface area contributed by atoms with Crippen LogP contribution in [0.4, 0.5) is 0 Å². The zero-order valence-electron chi connectivity index (χ0n) is 34.1. The van der Waals surface area contributed by atoms with E-state index >= 15 is 0 Å². The number of hydrogen-bond acceptors (Lipinski definition) is 7. The number of rotatable bonds is 14. The fourth-order valence-electron chi connectivity index (χ4n) is 8.09. The third kappa shape index (κ3) is 11.3. The van der Waals surface area contributed by atoms with Crippen LogP contribution in [0, 0.1) is 12.8 Å². The minimum atomic E-state index is -3.95. The van der Waals surface area contributed by atoms with Crippen molar-refractivity contribution >= 4 is 15.9 Å². The van der Waals surface area contributed by atoms with Gasteiger partial charge in [-0.05, 0) is 90.9 Å². The molecule has 0 saturated carbocycles. The molecule has 2 aliphatic heterocycles. The fourth-order valence-corrected chi connectivity index (χ4v) is 9.29. The molecule has 310 valence electrons. The van der Waals surface area contributed by atoms with Crippen LogP contribution in [0.5, 0.6) is 0 Å². The number of sulfonamides is 1. The smallest absolute Gasteiger partial charge is 0.241 e. The number of aliphatic hydroxyl groups excluding tert-OH is 1. The van der Waals surface area contributed by atoms with Crippen LogP contribution in [0.25, 0.3) is 11.1 Å². The highest BCUT2D eigenvalue weighted by atomic mass is 32.2. The van der Waals surface area contributed by atoms with E-state index in [0.29, 0.717) is 0 Å². The van der Waals surface area contributed by atoms with E-state index in [2.05, 4.69) is 58.3 Å². The quantitative estimate of drug-likeness (QED) is 0.103. The Labute approximate surface area is 349 Å². The summed E-state index contributed by atoms with van der Waals surface area (Å²) in [6.07, 6.45) is 5.77. The molecule has 9 nitrogen and oxygen atoms in total. The van der Waals surface area contributed by atoms with Gasteiger partial charge in [-0.25, -0.2) is 8.42 Å². The fraction of sp³-hybridized carbons (Fsp3) is 0.367. The molecule has 3 N–H and O–H groups in total. The number of ether oxygens (including phenoxy) is 2. The second kappa shape index (κ2) is 20.1. The average Bonchev–Trinajstić information content (AvgIpc) is 3.25. The van der Waals surface area contributed by atoms with Crippen LogP contribution in [0.3, 0.4) is 0 Å². The standard InChI is InChI=1S/C49H57N3O6S/c1-35-16-26-44(27-17-35)59(55,56)51-45(31-37-12-7-6-8-13-37)48(54)50-32-39-14-11-15-43(30-39)40-22-24-42(25-23-40)49-57-46(33-52-28-9-4-3-5-10-29-52)36(2)47(58-49)41-20-18-38(34-53)19-21-41/h6-8,11-27,30,36,45-47,49,51,53H,3-5,9-10,28-29,31-34H2,1-2H3,(H,50,54). The largest absolute Gasteiger partial charge is 0.392 e. The first-order valence-corrected chi connectivity index (χ1v) is 22.5.